The summed E-state index contributed by atoms with van der Waals surface area (Å²) in [6.45, 7) is 0.579. The van der Waals surface area contributed by atoms with Crippen LogP contribution in [0.3, 0.4) is 0 Å². The molecule has 0 unspecified atom stereocenters. The number of nitrogens with zero attached hydrogens (tertiary/aromatic N) is 3. The van der Waals surface area contributed by atoms with Gasteiger partial charge >= 0.3 is 0 Å². The molecule has 10 heteroatoms. The Bertz CT molecular complexity index is 1210. The van der Waals surface area contributed by atoms with Crippen LogP contribution in [0, 0.1) is 0 Å². The molecule has 1 aliphatic heterocycles. The number of thiazole rings is 1. The highest BCUT2D eigenvalue weighted by atomic mass is 32.1. The van der Waals surface area contributed by atoms with E-state index >= 15 is 0 Å². The van der Waals surface area contributed by atoms with Gasteiger partial charge in [0.15, 0.2) is 16.6 Å². The van der Waals surface area contributed by atoms with Crippen LogP contribution in [0.25, 0.3) is 11.4 Å². The molecule has 0 fully saturated rings. The molecule has 0 aliphatic carbocycles. The molecule has 8 nitrogen and oxygen atoms in total. The van der Waals surface area contributed by atoms with Crippen molar-refractivity contribution in [3.05, 3.63) is 57.7 Å². The average molecular weight is 441 g/mol. The van der Waals surface area contributed by atoms with Crippen molar-refractivity contribution in [2.45, 2.75) is 6.61 Å². The molecule has 4 heterocycles. The first-order chi connectivity index (χ1) is 14.7. The third kappa shape index (κ3) is 3.74. The van der Waals surface area contributed by atoms with Gasteiger partial charge in [0.05, 0.1) is 10.6 Å². The fourth-order valence-electron chi connectivity index (χ4n) is 2.94. The van der Waals surface area contributed by atoms with Gasteiger partial charge in [0, 0.05) is 30.3 Å². The standard InChI is InChI=1S/C20H16N4O4S2/c1-24-15(4-5-21-24)14-10-30-20(22-14)23-19(25)18-6-12(9-29-18)8-26-13-2-3-16-17(7-13)28-11-27-16/h2-7,9-10H,8,11H2,1H3,(H,22,23,25). The SMILES string of the molecule is Cn1nccc1-c1csc(NC(=O)c2cc(COc3ccc4c(c3)OCO4)cs2)n1. The maximum Gasteiger partial charge on any atom is 0.267 e. The van der Waals surface area contributed by atoms with Gasteiger partial charge in [-0.1, -0.05) is 0 Å². The molecule has 1 aromatic carbocycles. The molecule has 152 valence electrons. The van der Waals surface area contributed by atoms with Gasteiger partial charge in [-0.05, 0) is 29.6 Å². The van der Waals surface area contributed by atoms with Crippen LogP contribution in [-0.2, 0) is 13.7 Å². The maximum absolute atomic E-state index is 12.6. The highest BCUT2D eigenvalue weighted by molar-refractivity contribution is 7.14. The third-order valence-corrected chi connectivity index (χ3v) is 6.17. The number of rotatable bonds is 6. The van der Waals surface area contributed by atoms with Gasteiger partial charge in [0.1, 0.15) is 18.1 Å². The Morgan fingerprint density at radius 2 is 2.10 bits per heavy atom. The number of anilines is 1. The fraction of sp³-hybridized carbons (Fsp3) is 0.150. The van der Waals surface area contributed by atoms with E-state index < -0.39 is 0 Å². The molecule has 1 amide bonds. The zero-order valence-electron chi connectivity index (χ0n) is 15.8. The lowest BCUT2D eigenvalue weighted by Gasteiger charge is -2.05. The Morgan fingerprint density at radius 1 is 1.20 bits per heavy atom. The number of carbonyl (C=O) groups is 1. The Hall–Kier alpha value is -3.37. The smallest absolute Gasteiger partial charge is 0.267 e. The van der Waals surface area contributed by atoms with Crippen LogP contribution in [0.1, 0.15) is 15.2 Å². The number of carbonyl (C=O) groups excluding carboxylic acids is 1. The van der Waals surface area contributed by atoms with Crippen LogP contribution in [0.2, 0.25) is 0 Å². The van der Waals surface area contributed by atoms with Crippen molar-refractivity contribution in [1.82, 2.24) is 14.8 Å². The zero-order valence-corrected chi connectivity index (χ0v) is 17.5. The second-order valence-corrected chi connectivity index (χ2v) is 8.22. The van der Waals surface area contributed by atoms with E-state index in [1.807, 2.05) is 42.1 Å². The number of benzene rings is 1. The quantitative estimate of drug-likeness (QED) is 0.484. The van der Waals surface area contributed by atoms with Gasteiger partial charge in [0.2, 0.25) is 6.79 Å². The molecule has 30 heavy (non-hydrogen) atoms. The first-order valence-corrected chi connectivity index (χ1v) is 10.8. The van der Waals surface area contributed by atoms with Crippen molar-refractivity contribution in [1.29, 1.82) is 0 Å². The summed E-state index contributed by atoms with van der Waals surface area (Å²) in [7, 11) is 1.85. The highest BCUT2D eigenvalue weighted by Crippen LogP contribution is 2.35. The largest absolute Gasteiger partial charge is 0.489 e. The zero-order chi connectivity index (χ0) is 20.5. The lowest BCUT2D eigenvalue weighted by atomic mass is 10.3. The summed E-state index contributed by atoms with van der Waals surface area (Å²) in [5.74, 6) is 1.87. The first kappa shape index (κ1) is 18.6. The molecule has 0 saturated carbocycles. The van der Waals surface area contributed by atoms with Crippen molar-refractivity contribution in [3.63, 3.8) is 0 Å². The monoisotopic (exact) mass is 440 g/mol. The van der Waals surface area contributed by atoms with Crippen LogP contribution >= 0.6 is 22.7 Å². The van der Waals surface area contributed by atoms with E-state index in [-0.39, 0.29) is 12.7 Å². The summed E-state index contributed by atoms with van der Waals surface area (Å²) in [6.07, 6.45) is 1.71. The van der Waals surface area contributed by atoms with Crippen LogP contribution in [-0.4, -0.2) is 27.5 Å². The van der Waals surface area contributed by atoms with Crippen LogP contribution < -0.4 is 19.5 Å². The number of aromatic nitrogens is 3. The molecule has 0 spiro atoms. The van der Waals surface area contributed by atoms with Crippen LogP contribution in [0.4, 0.5) is 5.13 Å². The molecule has 4 aromatic rings. The Labute approximate surface area is 179 Å². The molecule has 3 aromatic heterocycles. The predicted molar refractivity (Wildman–Crippen MR) is 113 cm³/mol. The number of aryl methyl sites for hydroxylation is 1. The number of fused-ring (bicyclic) bond motifs is 1. The van der Waals surface area contributed by atoms with Gasteiger partial charge in [-0.15, -0.1) is 22.7 Å². The lowest BCUT2D eigenvalue weighted by Crippen LogP contribution is -2.10. The summed E-state index contributed by atoms with van der Waals surface area (Å²) >= 11 is 2.74. The molecule has 0 saturated heterocycles. The topological polar surface area (TPSA) is 87.5 Å². The second kappa shape index (κ2) is 7.81. The van der Waals surface area contributed by atoms with Crippen LogP contribution in [0.5, 0.6) is 17.2 Å². The molecular formula is C20H16N4O4S2. The Balaban J connectivity index is 1.20. The number of hydrogen-bond acceptors (Lipinski definition) is 8. The summed E-state index contributed by atoms with van der Waals surface area (Å²) in [6, 6.07) is 9.15. The van der Waals surface area contributed by atoms with Gasteiger partial charge in [-0.2, -0.15) is 5.10 Å². The average Bonchev–Trinajstić information content (AvgIpc) is 3.53. The summed E-state index contributed by atoms with van der Waals surface area (Å²) < 4.78 is 18.2. The van der Waals surface area contributed by atoms with E-state index in [2.05, 4.69) is 15.4 Å². The Morgan fingerprint density at radius 3 is 2.97 bits per heavy atom. The van der Waals surface area contributed by atoms with E-state index in [0.717, 1.165) is 17.0 Å². The maximum atomic E-state index is 12.6. The van der Waals surface area contributed by atoms with Crippen molar-refractivity contribution >= 4 is 33.7 Å². The van der Waals surface area contributed by atoms with Gasteiger partial charge < -0.3 is 14.2 Å². The molecule has 1 N–H and O–H groups in total. The first-order valence-electron chi connectivity index (χ1n) is 9.01. The molecule has 1 aliphatic rings. The minimum absolute atomic E-state index is 0.194. The summed E-state index contributed by atoms with van der Waals surface area (Å²) in [4.78, 5) is 17.6. The fourth-order valence-corrected chi connectivity index (χ4v) is 4.43. The number of thiophene rings is 1. The molecule has 0 bridgehead atoms. The van der Waals surface area contributed by atoms with E-state index in [1.165, 1.54) is 22.7 Å². The molecule has 5 rings (SSSR count). The third-order valence-electron chi connectivity index (χ3n) is 4.44. The number of amides is 1. The van der Waals surface area contributed by atoms with Gasteiger partial charge in [-0.25, -0.2) is 4.98 Å². The highest BCUT2D eigenvalue weighted by Gasteiger charge is 2.15. The second-order valence-electron chi connectivity index (χ2n) is 6.46. The van der Waals surface area contributed by atoms with E-state index in [0.29, 0.717) is 33.9 Å². The molecule has 0 radical (unpaired) electrons. The lowest BCUT2D eigenvalue weighted by molar-refractivity contribution is 0.103. The molecular weight excluding hydrogens is 424 g/mol. The minimum Gasteiger partial charge on any atom is -0.489 e. The predicted octanol–water partition coefficient (Wildman–Crippen LogP) is 4.17. The van der Waals surface area contributed by atoms with E-state index in [4.69, 9.17) is 14.2 Å². The van der Waals surface area contributed by atoms with Crippen molar-refractivity contribution < 1.29 is 19.0 Å². The van der Waals surface area contributed by atoms with Gasteiger partial charge in [0.25, 0.3) is 5.91 Å². The van der Waals surface area contributed by atoms with E-state index in [9.17, 15) is 4.79 Å². The van der Waals surface area contributed by atoms with Gasteiger partial charge in [-0.3, -0.25) is 14.8 Å². The normalized spacial score (nSPS) is 12.2. The minimum atomic E-state index is -0.194. The number of hydrogen-bond donors (Lipinski definition) is 1. The number of nitrogens with one attached hydrogen (secondary N) is 1. The van der Waals surface area contributed by atoms with Crippen molar-refractivity contribution in [2.75, 3.05) is 12.1 Å². The Kier molecular flexibility index (Phi) is 4.85. The molecule has 0 atom stereocenters. The summed E-state index contributed by atoms with van der Waals surface area (Å²) in [5, 5.41) is 11.3. The van der Waals surface area contributed by atoms with Crippen molar-refractivity contribution in [3.8, 4) is 28.6 Å². The van der Waals surface area contributed by atoms with Crippen LogP contribution in [0.15, 0.2) is 47.3 Å². The van der Waals surface area contributed by atoms with Crippen molar-refractivity contribution in [2.24, 2.45) is 7.05 Å². The number of ether oxygens (including phenoxy) is 3. The summed E-state index contributed by atoms with van der Waals surface area (Å²) in [5.41, 5.74) is 2.59. The van der Waals surface area contributed by atoms with E-state index in [1.54, 1.807) is 16.9 Å².